The Morgan fingerprint density at radius 1 is 0.588 bits per heavy atom. The fourth-order valence-electron chi connectivity index (χ4n) is 0.504. The third kappa shape index (κ3) is 9.31. The Morgan fingerprint density at radius 2 is 0.765 bits per heavy atom. The van der Waals surface area contributed by atoms with Crippen molar-refractivity contribution in [1.82, 2.24) is 0 Å². The van der Waals surface area contributed by atoms with Gasteiger partial charge in [-0.05, 0) is 0 Å². The monoisotopic (exact) mass is 498 g/mol. The molecule has 0 unspecified atom stereocenters. The molecule has 0 atom stereocenters. The van der Waals surface area contributed by atoms with Gasteiger partial charge in [0.2, 0.25) is 0 Å². The van der Waals surface area contributed by atoms with Gasteiger partial charge in [0.1, 0.15) is 0 Å². The molecular weight excluding hydrogens is 488 g/mol. The van der Waals surface area contributed by atoms with E-state index in [0.29, 0.717) is 0 Å². The fourth-order valence-corrected chi connectivity index (χ4v) is 50.6. The Morgan fingerprint density at radius 3 is 0.882 bits per heavy atom. The van der Waals surface area contributed by atoms with Crippen LogP contribution in [-0.2, 0) is 0 Å². The molecule has 0 rings (SSSR count). The zero-order valence-corrected chi connectivity index (χ0v) is 16.8. The molecule has 0 amide bonds. The summed E-state index contributed by atoms with van der Waals surface area (Å²) in [5.74, 6) is 0. The molecule has 0 fully saturated rings. The number of nitrogens with two attached hydrogens (primary N) is 4. The molecule has 0 bridgehead atoms. The first-order chi connectivity index (χ1) is 7.67. The predicted molar refractivity (Wildman–Crippen MR) is 103 cm³/mol. The van der Waals surface area contributed by atoms with Crippen LogP contribution in [-0.4, -0.2) is 30.0 Å². The van der Waals surface area contributed by atoms with Crippen molar-refractivity contribution < 1.29 is 0 Å². The molecule has 0 aromatic heterocycles. The van der Waals surface area contributed by atoms with Crippen molar-refractivity contribution in [2.24, 2.45) is 22.9 Å². The van der Waals surface area contributed by atoms with Gasteiger partial charge >= 0.3 is 138 Å². The minimum atomic E-state index is -3.05. The molecule has 0 radical (unpaired) electrons. The van der Waals surface area contributed by atoms with Crippen LogP contribution in [0.1, 0.15) is 0 Å². The van der Waals surface area contributed by atoms with E-state index in [-0.39, 0.29) is 17.3 Å². The fraction of sp³-hybridized carbons (Fsp3) is 0. The molecule has 0 aliphatic rings. The van der Waals surface area contributed by atoms with Crippen molar-refractivity contribution in [2.75, 3.05) is 0 Å². The van der Waals surface area contributed by atoms with Crippen molar-refractivity contribution in [3.8, 4) is 0 Å². The second kappa shape index (κ2) is 8.83. The third-order valence-corrected chi connectivity index (χ3v) is 36.7. The first kappa shape index (κ1) is 18.7. The summed E-state index contributed by atoms with van der Waals surface area (Å²) in [4.78, 5) is 0. The molecule has 0 saturated heterocycles. The van der Waals surface area contributed by atoms with Crippen LogP contribution in [0.15, 0.2) is 0 Å². The van der Waals surface area contributed by atoms with Crippen LogP contribution in [0, 0.1) is 0 Å². The summed E-state index contributed by atoms with van der Waals surface area (Å²) < 4.78 is 1.12. The van der Waals surface area contributed by atoms with Crippen molar-refractivity contribution >= 4 is 115 Å². The number of thiocarbonyl (C=S) groups is 4. The molecule has 8 N–H and O–H groups in total. The van der Waals surface area contributed by atoms with E-state index in [4.69, 9.17) is 71.8 Å². The van der Waals surface area contributed by atoms with Crippen LogP contribution in [0.3, 0.4) is 0 Å². The van der Waals surface area contributed by atoms with Crippen molar-refractivity contribution in [1.29, 1.82) is 0 Å². The van der Waals surface area contributed by atoms with Gasteiger partial charge in [-0.25, -0.2) is 0 Å². The zero-order chi connectivity index (χ0) is 13.6. The molecule has 13 heteroatoms. The Labute approximate surface area is 136 Å². The normalized spacial score (nSPS) is 11.8. The van der Waals surface area contributed by atoms with Crippen LogP contribution in [0.25, 0.3) is 0 Å². The van der Waals surface area contributed by atoms with Gasteiger partial charge in [-0.15, -0.1) is 0 Å². The quantitative estimate of drug-likeness (QED) is 0.334. The summed E-state index contributed by atoms with van der Waals surface area (Å²) in [6.45, 7) is 0. The Bertz CT molecular complexity index is 288. The molecule has 98 valence electrons. The topological polar surface area (TPSA) is 104 Å². The van der Waals surface area contributed by atoms with Gasteiger partial charge in [-0.3, -0.25) is 0 Å². The molecule has 0 aromatic carbocycles. The molecule has 4 nitrogen and oxygen atoms in total. The molecule has 0 aliphatic carbocycles. The van der Waals surface area contributed by atoms with Gasteiger partial charge in [0.05, 0.1) is 0 Å². The van der Waals surface area contributed by atoms with Gasteiger partial charge in [0, 0.05) is 0 Å². The van der Waals surface area contributed by atoms with E-state index < -0.39 is 12.7 Å². The second-order valence-electron chi connectivity index (χ2n) is 2.02. The maximum atomic E-state index is 5.56. The Hall–Kier alpha value is 1.75. The average Bonchev–Trinajstić information content (AvgIpc) is 1.95. The maximum absolute atomic E-state index is 5.56. The van der Waals surface area contributed by atoms with E-state index in [1.54, 1.807) is 0 Å². The van der Waals surface area contributed by atoms with E-state index in [1.807, 2.05) is 0 Å². The number of hydrogen-bond acceptors (Lipinski definition) is 8. The molecule has 0 heterocycles. The van der Waals surface area contributed by atoms with E-state index in [0.717, 1.165) is 0 Å². The SMILES string of the molecule is NC(=S)S[Te](SC(N)=S)(SC(N)=S)SC(N)=S. The Balaban J connectivity index is 5.16. The van der Waals surface area contributed by atoms with Gasteiger partial charge < -0.3 is 0 Å². The van der Waals surface area contributed by atoms with E-state index in [2.05, 4.69) is 0 Å². The third-order valence-electron chi connectivity index (χ3n) is 0.737. The first-order valence-electron chi connectivity index (χ1n) is 3.45. The molecule has 0 aliphatic heterocycles. The van der Waals surface area contributed by atoms with E-state index in [9.17, 15) is 0 Å². The molecule has 0 saturated carbocycles. The molecular formula is C4H8N4S8Te. The minimum absolute atomic E-state index is 0.280. The van der Waals surface area contributed by atoms with Crippen molar-refractivity contribution in [3.05, 3.63) is 0 Å². The second-order valence-corrected chi connectivity index (χ2v) is 37.2. The zero-order valence-electron chi connectivity index (χ0n) is 7.98. The van der Waals surface area contributed by atoms with Crippen LogP contribution in [0.5, 0.6) is 0 Å². The summed E-state index contributed by atoms with van der Waals surface area (Å²) in [5.41, 5.74) is 22.2. The van der Waals surface area contributed by atoms with Crippen LogP contribution < -0.4 is 22.9 Å². The summed E-state index contributed by atoms with van der Waals surface area (Å²) in [7, 11) is 5.27. The van der Waals surface area contributed by atoms with Gasteiger partial charge in [-0.2, -0.15) is 0 Å². The van der Waals surface area contributed by atoms with E-state index in [1.165, 1.54) is 36.0 Å². The van der Waals surface area contributed by atoms with Crippen LogP contribution >= 0.6 is 84.8 Å². The molecule has 17 heavy (non-hydrogen) atoms. The molecule has 0 spiro atoms. The standard InChI is InChI=1S/C4H8N4S8Te/c5-1(9)13-17(14-2(6)10,15-3(7)11)16-4(8)12/h(H2,5,9)(H2,6,10)(H2,7,11)(H2,8,12). The van der Waals surface area contributed by atoms with Gasteiger partial charge in [0.25, 0.3) is 0 Å². The van der Waals surface area contributed by atoms with Gasteiger partial charge in [-0.1, -0.05) is 0 Å². The number of hydrogen-bond donors (Lipinski definition) is 4. The predicted octanol–water partition coefficient (Wildman–Crippen LogP) is 1.33. The number of rotatable bonds is 4. The van der Waals surface area contributed by atoms with Crippen molar-refractivity contribution in [2.45, 2.75) is 0 Å². The van der Waals surface area contributed by atoms with E-state index >= 15 is 0 Å². The summed E-state index contributed by atoms with van der Waals surface area (Å²) in [5, 5.41) is 0. The first-order valence-corrected chi connectivity index (χ1v) is 19.5. The Kier molecular flexibility index (Phi) is 9.74. The summed E-state index contributed by atoms with van der Waals surface area (Å²) in [6.07, 6.45) is 0. The van der Waals surface area contributed by atoms with Crippen LogP contribution in [0.2, 0.25) is 0 Å². The summed E-state index contributed by atoms with van der Waals surface area (Å²) >= 11 is 16.5. The molecule has 0 aromatic rings. The van der Waals surface area contributed by atoms with Crippen molar-refractivity contribution in [3.63, 3.8) is 0 Å². The van der Waals surface area contributed by atoms with Gasteiger partial charge in [0.15, 0.2) is 0 Å². The average molecular weight is 496 g/mol. The van der Waals surface area contributed by atoms with Crippen LogP contribution in [0.4, 0.5) is 0 Å². The summed E-state index contributed by atoms with van der Waals surface area (Å²) in [6, 6.07) is 0.